The molecule has 0 saturated heterocycles. The van der Waals surface area contributed by atoms with Crippen LogP contribution in [0.2, 0.25) is 0 Å². The molecule has 0 aromatic carbocycles. The number of nitrogens with two attached hydrogens (primary N) is 1. The third-order valence-corrected chi connectivity index (χ3v) is 3.86. The monoisotopic (exact) mass is 293 g/mol. The van der Waals surface area contributed by atoms with Gasteiger partial charge in [-0.25, -0.2) is 0 Å². The highest BCUT2D eigenvalue weighted by Crippen LogP contribution is 2.29. The van der Waals surface area contributed by atoms with Gasteiger partial charge in [0, 0.05) is 26.8 Å². The summed E-state index contributed by atoms with van der Waals surface area (Å²) in [6.45, 7) is 3.51. The van der Waals surface area contributed by atoms with Crippen LogP contribution in [0.3, 0.4) is 0 Å². The van der Waals surface area contributed by atoms with Crippen LogP contribution >= 0.6 is 11.3 Å². The SMILES string of the molecule is Cc1cnn(CCNc2cc(N)c(C(=O)N(C)C)s2)c1. The number of hydrogen-bond donors (Lipinski definition) is 2. The first-order chi connectivity index (χ1) is 9.47. The minimum Gasteiger partial charge on any atom is -0.397 e. The van der Waals surface area contributed by atoms with Gasteiger partial charge in [0.2, 0.25) is 0 Å². The van der Waals surface area contributed by atoms with E-state index >= 15 is 0 Å². The molecule has 2 heterocycles. The second kappa shape index (κ2) is 5.96. The van der Waals surface area contributed by atoms with Gasteiger partial charge in [0.25, 0.3) is 5.91 Å². The lowest BCUT2D eigenvalue weighted by molar-refractivity contribution is 0.0833. The van der Waals surface area contributed by atoms with Gasteiger partial charge in [0.15, 0.2) is 0 Å². The maximum Gasteiger partial charge on any atom is 0.265 e. The van der Waals surface area contributed by atoms with Gasteiger partial charge in [0.1, 0.15) is 4.88 Å². The van der Waals surface area contributed by atoms with Crippen LogP contribution in [0.1, 0.15) is 15.2 Å². The summed E-state index contributed by atoms with van der Waals surface area (Å²) < 4.78 is 1.88. The Morgan fingerprint density at radius 3 is 2.90 bits per heavy atom. The van der Waals surface area contributed by atoms with E-state index in [2.05, 4.69) is 10.4 Å². The minimum absolute atomic E-state index is 0.0664. The Balaban J connectivity index is 1.94. The summed E-state index contributed by atoms with van der Waals surface area (Å²) in [6, 6.07) is 1.80. The van der Waals surface area contributed by atoms with E-state index in [1.807, 2.05) is 24.0 Å². The van der Waals surface area contributed by atoms with Crippen LogP contribution in [0, 0.1) is 6.92 Å². The predicted molar refractivity (Wildman–Crippen MR) is 82.2 cm³/mol. The fraction of sp³-hybridized carbons (Fsp3) is 0.385. The van der Waals surface area contributed by atoms with Crippen molar-refractivity contribution in [2.24, 2.45) is 0 Å². The summed E-state index contributed by atoms with van der Waals surface area (Å²) >= 11 is 1.38. The lowest BCUT2D eigenvalue weighted by atomic mass is 10.3. The van der Waals surface area contributed by atoms with Gasteiger partial charge in [-0.1, -0.05) is 0 Å². The number of thiophene rings is 1. The Labute approximate surface area is 122 Å². The molecule has 0 aliphatic rings. The van der Waals surface area contributed by atoms with Crippen molar-refractivity contribution in [3.8, 4) is 0 Å². The number of nitrogens with zero attached hydrogens (tertiary/aromatic N) is 3. The highest BCUT2D eigenvalue weighted by molar-refractivity contribution is 7.18. The molecular weight excluding hydrogens is 274 g/mol. The summed E-state index contributed by atoms with van der Waals surface area (Å²) in [6.07, 6.45) is 3.82. The Hall–Kier alpha value is -2.02. The third kappa shape index (κ3) is 3.30. The molecule has 0 aliphatic heterocycles. The Bertz CT molecular complexity index is 602. The van der Waals surface area contributed by atoms with Crippen molar-refractivity contribution in [1.29, 1.82) is 0 Å². The molecule has 2 aromatic heterocycles. The number of carbonyl (C=O) groups excluding carboxylic acids is 1. The largest absolute Gasteiger partial charge is 0.397 e. The summed E-state index contributed by atoms with van der Waals surface area (Å²) in [7, 11) is 3.43. The zero-order chi connectivity index (χ0) is 14.7. The molecule has 0 spiro atoms. The number of amides is 1. The third-order valence-electron chi connectivity index (χ3n) is 2.76. The summed E-state index contributed by atoms with van der Waals surface area (Å²) in [5.41, 5.74) is 7.53. The maximum absolute atomic E-state index is 11.9. The molecule has 3 N–H and O–H groups in total. The smallest absolute Gasteiger partial charge is 0.265 e. The predicted octanol–water partition coefficient (Wildman–Crippen LogP) is 1.65. The van der Waals surface area contributed by atoms with Crippen LogP contribution in [-0.4, -0.2) is 41.2 Å². The van der Waals surface area contributed by atoms with Crippen LogP contribution in [-0.2, 0) is 6.54 Å². The molecule has 0 fully saturated rings. The molecular formula is C13H19N5OS. The van der Waals surface area contributed by atoms with Crippen molar-refractivity contribution in [2.75, 3.05) is 31.7 Å². The molecule has 6 nitrogen and oxygen atoms in total. The normalized spacial score (nSPS) is 10.6. The molecule has 0 saturated carbocycles. The zero-order valence-corrected chi connectivity index (χ0v) is 12.7. The van der Waals surface area contributed by atoms with E-state index in [0.717, 1.165) is 23.7 Å². The van der Waals surface area contributed by atoms with Crippen molar-refractivity contribution in [3.05, 3.63) is 28.9 Å². The van der Waals surface area contributed by atoms with Crippen LogP contribution in [0.4, 0.5) is 10.7 Å². The van der Waals surface area contributed by atoms with Gasteiger partial charge in [-0.2, -0.15) is 5.10 Å². The number of aryl methyl sites for hydroxylation is 1. The quantitative estimate of drug-likeness (QED) is 0.879. The van der Waals surface area contributed by atoms with Crippen molar-refractivity contribution >= 4 is 27.9 Å². The van der Waals surface area contributed by atoms with Crippen LogP contribution in [0.5, 0.6) is 0 Å². The van der Waals surface area contributed by atoms with Crippen LogP contribution in [0.15, 0.2) is 18.5 Å². The second-order valence-electron chi connectivity index (χ2n) is 4.80. The van der Waals surface area contributed by atoms with Gasteiger partial charge in [0.05, 0.1) is 23.4 Å². The van der Waals surface area contributed by atoms with E-state index in [-0.39, 0.29) is 5.91 Å². The number of nitrogens with one attached hydrogen (secondary N) is 1. The van der Waals surface area contributed by atoms with E-state index in [0.29, 0.717) is 10.6 Å². The molecule has 0 unspecified atom stereocenters. The number of carbonyl (C=O) groups is 1. The number of anilines is 2. The van der Waals surface area contributed by atoms with E-state index in [4.69, 9.17) is 5.73 Å². The average molecular weight is 293 g/mol. The highest BCUT2D eigenvalue weighted by Gasteiger charge is 2.15. The van der Waals surface area contributed by atoms with Crippen LogP contribution in [0.25, 0.3) is 0 Å². The molecule has 7 heteroatoms. The molecule has 20 heavy (non-hydrogen) atoms. The molecule has 0 aliphatic carbocycles. The first kappa shape index (κ1) is 14.4. The van der Waals surface area contributed by atoms with E-state index < -0.39 is 0 Å². The number of nitrogen functional groups attached to an aromatic ring is 1. The zero-order valence-electron chi connectivity index (χ0n) is 11.9. The average Bonchev–Trinajstić information content (AvgIpc) is 2.95. The maximum atomic E-state index is 11.9. The summed E-state index contributed by atoms with van der Waals surface area (Å²) in [5.74, 6) is -0.0664. The molecule has 1 amide bonds. The fourth-order valence-electron chi connectivity index (χ4n) is 1.75. The van der Waals surface area contributed by atoms with Gasteiger partial charge < -0.3 is 16.0 Å². The van der Waals surface area contributed by atoms with Gasteiger partial charge in [-0.3, -0.25) is 9.48 Å². The van der Waals surface area contributed by atoms with Gasteiger partial charge in [-0.05, 0) is 18.6 Å². The summed E-state index contributed by atoms with van der Waals surface area (Å²) in [5, 5.41) is 8.38. The molecule has 0 radical (unpaired) electrons. The summed E-state index contributed by atoms with van der Waals surface area (Å²) in [4.78, 5) is 14.0. The second-order valence-corrected chi connectivity index (χ2v) is 5.85. The van der Waals surface area contributed by atoms with Crippen molar-refractivity contribution in [2.45, 2.75) is 13.5 Å². The molecule has 2 rings (SSSR count). The van der Waals surface area contributed by atoms with Crippen molar-refractivity contribution in [1.82, 2.24) is 14.7 Å². The first-order valence-corrected chi connectivity index (χ1v) is 7.13. The van der Waals surface area contributed by atoms with Crippen molar-refractivity contribution < 1.29 is 4.79 Å². The Morgan fingerprint density at radius 2 is 2.30 bits per heavy atom. The first-order valence-electron chi connectivity index (χ1n) is 6.31. The minimum atomic E-state index is -0.0664. The fourth-order valence-corrected chi connectivity index (χ4v) is 2.77. The number of rotatable bonds is 5. The molecule has 0 atom stereocenters. The highest BCUT2D eigenvalue weighted by atomic mass is 32.1. The molecule has 2 aromatic rings. The Morgan fingerprint density at radius 1 is 1.55 bits per heavy atom. The van der Waals surface area contributed by atoms with Crippen LogP contribution < -0.4 is 11.1 Å². The van der Waals surface area contributed by atoms with Gasteiger partial charge in [-0.15, -0.1) is 11.3 Å². The van der Waals surface area contributed by atoms with Crippen molar-refractivity contribution in [3.63, 3.8) is 0 Å². The standard InChI is InChI=1S/C13H19N5OS/c1-9-7-16-18(8-9)5-4-15-11-6-10(14)12(20-11)13(19)17(2)3/h6-8,15H,4-5,14H2,1-3H3. The lowest BCUT2D eigenvalue weighted by Gasteiger charge is -2.08. The lowest BCUT2D eigenvalue weighted by Crippen LogP contribution is -2.21. The molecule has 108 valence electrons. The van der Waals surface area contributed by atoms with E-state index in [1.165, 1.54) is 16.2 Å². The number of hydrogen-bond acceptors (Lipinski definition) is 5. The van der Waals surface area contributed by atoms with E-state index in [9.17, 15) is 4.79 Å². The number of aromatic nitrogens is 2. The Kier molecular flexibility index (Phi) is 4.29. The topological polar surface area (TPSA) is 76.2 Å². The van der Waals surface area contributed by atoms with Gasteiger partial charge >= 0.3 is 0 Å². The van der Waals surface area contributed by atoms with E-state index in [1.54, 1.807) is 20.2 Å². The molecule has 0 bridgehead atoms.